The SMILES string of the molecule is CC(C)[Se]CCC[C@@H](C)C1CC[C@H]2[C@@H]3CC=C4C[C@@H](O)CC[C@]4(C)[C@H]3CC[C@]12C. The number of rotatable bonds is 6. The van der Waals surface area contributed by atoms with Crippen LogP contribution in [0.1, 0.15) is 98.8 Å². The van der Waals surface area contributed by atoms with Crippen LogP contribution in [-0.4, -0.2) is 26.2 Å². The Balaban J connectivity index is 1.44. The first-order chi connectivity index (χ1) is 13.8. The van der Waals surface area contributed by atoms with E-state index in [2.05, 4.69) is 40.7 Å². The monoisotopic (exact) mass is 466 g/mol. The summed E-state index contributed by atoms with van der Waals surface area (Å²) in [6, 6.07) is 0. The van der Waals surface area contributed by atoms with Gasteiger partial charge in [0.2, 0.25) is 0 Å². The van der Waals surface area contributed by atoms with Gasteiger partial charge in [-0.2, -0.15) is 0 Å². The minimum atomic E-state index is -0.0754. The van der Waals surface area contributed by atoms with E-state index in [4.69, 9.17) is 0 Å². The van der Waals surface area contributed by atoms with Gasteiger partial charge in [0.1, 0.15) is 0 Å². The average molecular weight is 466 g/mol. The topological polar surface area (TPSA) is 20.2 Å². The molecule has 0 bridgehead atoms. The quantitative estimate of drug-likeness (QED) is 0.248. The molecule has 0 saturated heterocycles. The molecule has 8 atom stereocenters. The van der Waals surface area contributed by atoms with Crippen molar-refractivity contribution >= 4 is 15.0 Å². The standard InChI is InChI=1S/C27H46OSe/c1-18(2)29-16-6-7-19(3)23-10-11-24-22-9-8-20-17-21(28)12-14-26(20,4)25(22)13-15-27(23,24)5/h8,18-19,21-25,28H,6-7,9-17H2,1-5H3/t19-,21+,22+,23?,24+,25+,26+,27-/m1/s1. The normalized spacial score (nSPS) is 45.3. The number of allylic oxidation sites excluding steroid dienone is 1. The number of fused-ring (bicyclic) bond motifs is 5. The van der Waals surface area contributed by atoms with E-state index < -0.39 is 0 Å². The van der Waals surface area contributed by atoms with Crippen LogP contribution in [0.4, 0.5) is 0 Å². The van der Waals surface area contributed by atoms with Crippen LogP contribution in [-0.2, 0) is 0 Å². The summed E-state index contributed by atoms with van der Waals surface area (Å²) in [6.07, 6.45) is 15.9. The molecular weight excluding hydrogens is 419 g/mol. The van der Waals surface area contributed by atoms with Crippen LogP contribution in [0, 0.1) is 40.4 Å². The van der Waals surface area contributed by atoms with E-state index in [1.807, 2.05) is 0 Å². The molecule has 3 saturated carbocycles. The third-order valence-corrected chi connectivity index (χ3v) is 12.6. The molecule has 0 spiro atoms. The Morgan fingerprint density at radius 1 is 1.07 bits per heavy atom. The van der Waals surface area contributed by atoms with E-state index in [9.17, 15) is 5.11 Å². The van der Waals surface area contributed by atoms with Gasteiger partial charge in [0.05, 0.1) is 6.10 Å². The average Bonchev–Trinajstić information content (AvgIpc) is 3.03. The molecule has 0 heterocycles. The summed E-state index contributed by atoms with van der Waals surface area (Å²) in [7, 11) is 0. The van der Waals surface area contributed by atoms with Crippen molar-refractivity contribution < 1.29 is 5.11 Å². The maximum atomic E-state index is 10.2. The Morgan fingerprint density at radius 3 is 2.62 bits per heavy atom. The zero-order valence-electron chi connectivity index (χ0n) is 19.8. The molecule has 0 radical (unpaired) electrons. The number of hydrogen-bond donors (Lipinski definition) is 1. The second-order valence-electron chi connectivity index (χ2n) is 11.9. The summed E-state index contributed by atoms with van der Waals surface area (Å²) in [5.41, 5.74) is 2.61. The molecule has 1 unspecified atom stereocenters. The summed E-state index contributed by atoms with van der Waals surface area (Å²) in [4.78, 5) is 0.924. The second-order valence-corrected chi connectivity index (χ2v) is 15.5. The first-order valence-corrected chi connectivity index (χ1v) is 14.9. The van der Waals surface area contributed by atoms with Crippen LogP contribution in [0.3, 0.4) is 0 Å². The summed E-state index contributed by atoms with van der Waals surface area (Å²) in [5, 5.41) is 11.7. The maximum absolute atomic E-state index is 10.2. The fourth-order valence-electron chi connectivity index (χ4n) is 8.54. The van der Waals surface area contributed by atoms with Crippen LogP contribution in [0.15, 0.2) is 11.6 Å². The van der Waals surface area contributed by atoms with Crippen LogP contribution in [0.25, 0.3) is 0 Å². The van der Waals surface area contributed by atoms with Crippen LogP contribution in [0.2, 0.25) is 10.1 Å². The number of aliphatic hydroxyl groups is 1. The van der Waals surface area contributed by atoms with Gasteiger partial charge in [-0.1, -0.05) is 0 Å². The third-order valence-electron chi connectivity index (χ3n) is 10.1. The molecule has 166 valence electrons. The van der Waals surface area contributed by atoms with E-state index >= 15 is 0 Å². The molecule has 0 aromatic heterocycles. The summed E-state index contributed by atoms with van der Waals surface area (Å²) >= 11 is 0.856. The van der Waals surface area contributed by atoms with Crippen LogP contribution >= 0.6 is 0 Å². The van der Waals surface area contributed by atoms with Gasteiger partial charge in [-0.25, -0.2) is 0 Å². The summed E-state index contributed by atoms with van der Waals surface area (Å²) in [6.45, 7) is 12.6. The van der Waals surface area contributed by atoms with Gasteiger partial charge in [0.15, 0.2) is 0 Å². The van der Waals surface area contributed by atoms with Crippen molar-refractivity contribution in [3.63, 3.8) is 0 Å². The zero-order valence-corrected chi connectivity index (χ0v) is 21.5. The Kier molecular flexibility index (Phi) is 6.67. The van der Waals surface area contributed by atoms with Crippen molar-refractivity contribution in [3.8, 4) is 0 Å². The van der Waals surface area contributed by atoms with E-state index in [-0.39, 0.29) is 6.10 Å². The molecule has 0 amide bonds. The Morgan fingerprint density at radius 2 is 1.86 bits per heavy atom. The summed E-state index contributed by atoms with van der Waals surface area (Å²) < 4.78 is 0. The van der Waals surface area contributed by atoms with Gasteiger partial charge in [0.25, 0.3) is 0 Å². The summed E-state index contributed by atoms with van der Waals surface area (Å²) in [5.74, 6) is 4.64. The first kappa shape index (κ1) is 22.4. The van der Waals surface area contributed by atoms with Crippen molar-refractivity contribution in [3.05, 3.63) is 11.6 Å². The molecule has 4 aliphatic carbocycles. The van der Waals surface area contributed by atoms with Crippen LogP contribution in [0.5, 0.6) is 0 Å². The Hall–Kier alpha value is 0.219. The van der Waals surface area contributed by atoms with Gasteiger partial charge in [0, 0.05) is 0 Å². The second kappa shape index (κ2) is 8.63. The predicted molar refractivity (Wildman–Crippen MR) is 125 cm³/mol. The molecule has 1 N–H and O–H groups in total. The van der Waals surface area contributed by atoms with Gasteiger partial charge in [-0.15, -0.1) is 0 Å². The van der Waals surface area contributed by atoms with Crippen molar-refractivity contribution in [1.29, 1.82) is 0 Å². The van der Waals surface area contributed by atoms with Gasteiger partial charge >= 0.3 is 176 Å². The number of aliphatic hydroxyl groups excluding tert-OH is 1. The van der Waals surface area contributed by atoms with Crippen molar-refractivity contribution in [1.82, 2.24) is 0 Å². The molecule has 3 fully saturated rings. The molecule has 29 heavy (non-hydrogen) atoms. The molecule has 0 aromatic rings. The van der Waals surface area contributed by atoms with Crippen LogP contribution < -0.4 is 0 Å². The zero-order chi connectivity index (χ0) is 20.8. The van der Waals surface area contributed by atoms with Crippen molar-refractivity contribution in [2.75, 3.05) is 0 Å². The fraction of sp³-hybridized carbons (Fsp3) is 0.926. The molecule has 4 rings (SSSR count). The molecular formula is C27H46OSe. The molecule has 2 heteroatoms. The minimum absolute atomic E-state index is 0.0754. The van der Waals surface area contributed by atoms with E-state index in [0.29, 0.717) is 10.8 Å². The molecule has 0 aromatic carbocycles. The Bertz CT molecular complexity index is 612. The van der Waals surface area contributed by atoms with Gasteiger partial charge < -0.3 is 5.11 Å². The molecule has 4 aliphatic rings. The van der Waals surface area contributed by atoms with Gasteiger partial charge in [-0.3, -0.25) is 0 Å². The fourth-order valence-corrected chi connectivity index (χ4v) is 10.2. The number of hydrogen-bond acceptors (Lipinski definition) is 1. The van der Waals surface area contributed by atoms with Crippen molar-refractivity contribution in [2.45, 2.75) is 115 Å². The van der Waals surface area contributed by atoms with E-state index in [1.165, 1.54) is 56.7 Å². The first-order valence-electron chi connectivity index (χ1n) is 12.7. The van der Waals surface area contributed by atoms with E-state index in [0.717, 1.165) is 62.2 Å². The third kappa shape index (κ3) is 4.05. The molecule has 0 aliphatic heterocycles. The van der Waals surface area contributed by atoms with Crippen molar-refractivity contribution in [2.24, 2.45) is 40.4 Å². The molecule has 1 nitrogen and oxygen atoms in total. The Labute approximate surface area is 187 Å². The van der Waals surface area contributed by atoms with Gasteiger partial charge in [-0.05, 0) is 0 Å². The van der Waals surface area contributed by atoms with E-state index in [1.54, 1.807) is 5.57 Å². The predicted octanol–water partition coefficient (Wildman–Crippen LogP) is 7.29.